The largest absolute Gasteiger partial charge is 0.378 e. The van der Waals surface area contributed by atoms with E-state index in [-0.39, 0.29) is 11.1 Å². The highest BCUT2D eigenvalue weighted by Gasteiger charge is 2.33. The number of aromatic nitrogens is 1. The summed E-state index contributed by atoms with van der Waals surface area (Å²) < 4.78 is 12.0. The maximum absolute atomic E-state index is 5.99. The van der Waals surface area contributed by atoms with E-state index in [0.29, 0.717) is 12.2 Å². The van der Waals surface area contributed by atoms with Crippen LogP contribution in [-0.2, 0) is 15.9 Å². The molecule has 0 atom stereocenters. The zero-order valence-electron chi connectivity index (χ0n) is 18.7. The van der Waals surface area contributed by atoms with Crippen LogP contribution in [0.25, 0.3) is 0 Å². The van der Waals surface area contributed by atoms with Crippen molar-refractivity contribution < 1.29 is 9.47 Å². The summed E-state index contributed by atoms with van der Waals surface area (Å²) in [7, 11) is 0. The van der Waals surface area contributed by atoms with Gasteiger partial charge < -0.3 is 14.4 Å². The average Bonchev–Trinajstić information content (AvgIpc) is 2.58. The normalized spacial score (nSPS) is 24.3. The lowest BCUT2D eigenvalue weighted by Gasteiger charge is -2.42. The zero-order chi connectivity index (χ0) is 20.4. The van der Waals surface area contributed by atoms with Crippen LogP contribution in [0.2, 0.25) is 0 Å². The molecule has 1 aliphatic carbocycles. The molecule has 1 saturated heterocycles. The van der Waals surface area contributed by atoms with Gasteiger partial charge in [0.2, 0.25) is 0 Å². The van der Waals surface area contributed by atoms with Gasteiger partial charge >= 0.3 is 0 Å². The molecule has 2 heterocycles. The van der Waals surface area contributed by atoms with Crippen LogP contribution in [0, 0.1) is 0 Å². The molecule has 0 bridgehead atoms. The summed E-state index contributed by atoms with van der Waals surface area (Å²) >= 11 is 0. The number of hydrogen-bond donors (Lipinski definition) is 0. The van der Waals surface area contributed by atoms with Crippen LogP contribution in [0.4, 0.5) is 5.82 Å². The number of rotatable bonds is 6. The number of nitrogens with zero attached hydrogens (tertiary/aromatic N) is 3. The Labute approximate surface area is 171 Å². The minimum Gasteiger partial charge on any atom is -0.378 e. The smallest absolute Gasteiger partial charge is 0.128 e. The highest BCUT2D eigenvalue weighted by molar-refractivity contribution is 5.40. The van der Waals surface area contributed by atoms with Crippen LogP contribution >= 0.6 is 0 Å². The molecule has 28 heavy (non-hydrogen) atoms. The summed E-state index contributed by atoms with van der Waals surface area (Å²) in [5.41, 5.74) is 1.45. The minimum atomic E-state index is -0.0531. The summed E-state index contributed by atoms with van der Waals surface area (Å²) in [5, 5.41) is 0. The summed E-state index contributed by atoms with van der Waals surface area (Å²) in [4.78, 5) is 9.65. The topological polar surface area (TPSA) is 37.8 Å². The number of ether oxygens (including phenoxy) is 2. The second kappa shape index (κ2) is 8.68. The molecule has 158 valence electrons. The van der Waals surface area contributed by atoms with Crippen molar-refractivity contribution in [2.24, 2.45) is 0 Å². The molecule has 3 rings (SSSR count). The number of pyridine rings is 1. The fraction of sp³-hybridized carbons (Fsp3) is 0.783. The summed E-state index contributed by atoms with van der Waals surface area (Å²) in [6.07, 6.45) is 5.71. The maximum Gasteiger partial charge on any atom is 0.128 e. The van der Waals surface area contributed by atoms with E-state index >= 15 is 0 Å². The van der Waals surface area contributed by atoms with Crippen molar-refractivity contribution in [2.45, 2.75) is 84.2 Å². The second-order valence-corrected chi connectivity index (χ2v) is 10.2. The minimum absolute atomic E-state index is 0.0531. The highest BCUT2D eigenvalue weighted by Crippen LogP contribution is 2.30. The predicted molar refractivity (Wildman–Crippen MR) is 115 cm³/mol. The van der Waals surface area contributed by atoms with E-state index in [2.05, 4.69) is 63.5 Å². The van der Waals surface area contributed by atoms with Gasteiger partial charge in [0.1, 0.15) is 5.82 Å². The lowest BCUT2D eigenvalue weighted by Crippen LogP contribution is -2.53. The molecule has 0 aromatic carbocycles. The van der Waals surface area contributed by atoms with Gasteiger partial charge in [-0.15, -0.1) is 0 Å². The van der Waals surface area contributed by atoms with Crippen molar-refractivity contribution in [3.05, 3.63) is 23.9 Å². The standard InChI is InChI=1S/C23H39N3O2/c1-22(2,3)26-12-10-25(11-13-26)21-8-7-18(17-24-21)9-14-27-19-15-20(16-19)28-23(4,5)6/h7-8,17,19-20H,9-16H2,1-6H3. The maximum atomic E-state index is 5.99. The third kappa shape index (κ3) is 6.16. The fourth-order valence-electron chi connectivity index (χ4n) is 3.95. The first-order valence-electron chi connectivity index (χ1n) is 10.8. The first-order valence-corrected chi connectivity index (χ1v) is 10.8. The Morgan fingerprint density at radius 1 is 0.964 bits per heavy atom. The van der Waals surface area contributed by atoms with Crippen molar-refractivity contribution in [2.75, 3.05) is 37.7 Å². The fourth-order valence-corrected chi connectivity index (χ4v) is 3.95. The molecule has 0 N–H and O–H groups in total. The molecule has 0 amide bonds. The molecular formula is C23H39N3O2. The van der Waals surface area contributed by atoms with E-state index in [1.807, 2.05) is 6.20 Å². The molecule has 0 radical (unpaired) electrons. The van der Waals surface area contributed by atoms with Gasteiger partial charge in [0.05, 0.1) is 24.4 Å². The molecule has 1 aliphatic heterocycles. The molecule has 1 saturated carbocycles. The third-order valence-corrected chi connectivity index (χ3v) is 5.68. The molecule has 1 aromatic heterocycles. The van der Waals surface area contributed by atoms with E-state index in [4.69, 9.17) is 14.5 Å². The van der Waals surface area contributed by atoms with Crippen LogP contribution in [0.3, 0.4) is 0 Å². The van der Waals surface area contributed by atoms with Gasteiger partial charge in [-0.25, -0.2) is 4.98 Å². The SMILES string of the molecule is CC(C)(C)OC1CC(OCCc2ccc(N3CCN(C(C)(C)C)CC3)nc2)C1. The summed E-state index contributed by atoms with van der Waals surface area (Å²) in [5.74, 6) is 1.10. The Bertz CT molecular complexity index is 604. The van der Waals surface area contributed by atoms with Gasteiger partial charge in [-0.1, -0.05) is 6.07 Å². The van der Waals surface area contributed by atoms with Crippen molar-refractivity contribution in [3.63, 3.8) is 0 Å². The Balaban J connectivity index is 1.35. The summed E-state index contributed by atoms with van der Waals surface area (Å²) in [6.45, 7) is 18.3. The number of anilines is 1. The number of hydrogen-bond acceptors (Lipinski definition) is 5. The van der Waals surface area contributed by atoms with Gasteiger partial charge in [0.15, 0.2) is 0 Å². The Morgan fingerprint density at radius 3 is 2.18 bits per heavy atom. The Morgan fingerprint density at radius 2 is 1.64 bits per heavy atom. The predicted octanol–water partition coefficient (Wildman–Crippen LogP) is 3.91. The molecular weight excluding hydrogens is 350 g/mol. The highest BCUT2D eigenvalue weighted by atomic mass is 16.5. The van der Waals surface area contributed by atoms with E-state index in [1.165, 1.54) is 5.56 Å². The summed E-state index contributed by atoms with van der Waals surface area (Å²) in [6, 6.07) is 4.37. The monoisotopic (exact) mass is 389 g/mol. The average molecular weight is 390 g/mol. The molecule has 5 nitrogen and oxygen atoms in total. The quantitative estimate of drug-likeness (QED) is 0.737. The zero-order valence-corrected chi connectivity index (χ0v) is 18.7. The van der Waals surface area contributed by atoms with Gasteiger partial charge in [0.25, 0.3) is 0 Å². The van der Waals surface area contributed by atoms with Crippen LogP contribution in [-0.4, -0.2) is 66.0 Å². The Hall–Kier alpha value is -1.17. The third-order valence-electron chi connectivity index (χ3n) is 5.68. The van der Waals surface area contributed by atoms with Gasteiger partial charge in [-0.05, 0) is 72.4 Å². The van der Waals surface area contributed by atoms with Crippen molar-refractivity contribution in [1.82, 2.24) is 9.88 Å². The molecule has 5 heteroatoms. The van der Waals surface area contributed by atoms with E-state index in [0.717, 1.165) is 57.9 Å². The van der Waals surface area contributed by atoms with Crippen LogP contribution in [0.1, 0.15) is 59.9 Å². The van der Waals surface area contributed by atoms with Crippen molar-refractivity contribution in [1.29, 1.82) is 0 Å². The van der Waals surface area contributed by atoms with Gasteiger partial charge in [-0.3, -0.25) is 4.90 Å². The molecule has 0 unspecified atom stereocenters. The van der Waals surface area contributed by atoms with E-state index < -0.39 is 0 Å². The molecule has 1 aromatic rings. The van der Waals surface area contributed by atoms with E-state index in [1.54, 1.807) is 0 Å². The lowest BCUT2D eigenvalue weighted by molar-refractivity contribution is -0.148. The Kier molecular flexibility index (Phi) is 6.68. The van der Waals surface area contributed by atoms with Crippen molar-refractivity contribution in [3.8, 4) is 0 Å². The first kappa shape index (κ1) is 21.5. The molecule has 2 aliphatic rings. The van der Waals surface area contributed by atoms with Crippen LogP contribution in [0.5, 0.6) is 0 Å². The first-order chi connectivity index (χ1) is 13.1. The second-order valence-electron chi connectivity index (χ2n) is 10.2. The number of piperazine rings is 1. The van der Waals surface area contributed by atoms with Gasteiger partial charge in [-0.2, -0.15) is 0 Å². The van der Waals surface area contributed by atoms with Crippen LogP contribution < -0.4 is 4.90 Å². The van der Waals surface area contributed by atoms with Crippen LogP contribution in [0.15, 0.2) is 18.3 Å². The molecule has 2 fully saturated rings. The molecule has 0 spiro atoms. The van der Waals surface area contributed by atoms with Gasteiger partial charge in [0, 0.05) is 37.9 Å². The lowest BCUT2D eigenvalue weighted by atomic mass is 9.91. The van der Waals surface area contributed by atoms with E-state index in [9.17, 15) is 0 Å². The van der Waals surface area contributed by atoms with Crippen molar-refractivity contribution >= 4 is 5.82 Å².